The summed E-state index contributed by atoms with van der Waals surface area (Å²) in [6, 6.07) is 21.3. The van der Waals surface area contributed by atoms with Crippen LogP contribution in [0.3, 0.4) is 0 Å². The molecule has 0 heterocycles. The molecule has 1 aliphatic rings. The van der Waals surface area contributed by atoms with E-state index >= 15 is 0 Å². The number of hydrogen-bond acceptors (Lipinski definition) is 2. The van der Waals surface area contributed by atoms with Crippen LogP contribution in [0.1, 0.15) is 17.5 Å². The Morgan fingerprint density at radius 2 is 1.78 bits per heavy atom. The molecule has 2 nitrogen and oxygen atoms in total. The zero-order valence-corrected chi connectivity index (χ0v) is 15.9. The monoisotopic (exact) mass is 352 g/mol. The lowest BCUT2D eigenvalue weighted by Crippen LogP contribution is -2.13. The summed E-state index contributed by atoms with van der Waals surface area (Å²) in [5, 5.41) is 10.3. The minimum Gasteiger partial charge on any atom is -0.308 e. The molecule has 1 N–H and O–H groups in total. The fraction of sp³-hybridized carbons (Fsp3) is 0.160. The van der Waals surface area contributed by atoms with Gasteiger partial charge in [0.05, 0.1) is 0 Å². The van der Waals surface area contributed by atoms with Crippen LogP contribution in [0.4, 0.5) is 0 Å². The highest BCUT2D eigenvalue weighted by molar-refractivity contribution is 6.05. The number of rotatable bonds is 5. The summed E-state index contributed by atoms with van der Waals surface area (Å²) in [5.41, 5.74) is 7.28. The summed E-state index contributed by atoms with van der Waals surface area (Å²) in [4.78, 5) is 2.20. The van der Waals surface area contributed by atoms with Crippen LogP contribution in [0.25, 0.3) is 27.5 Å². The minimum atomic E-state index is 0.956. The molecule has 4 rings (SSSR count). The molecule has 0 saturated heterocycles. The normalized spacial score (nSPS) is 13.7. The van der Waals surface area contributed by atoms with Crippen molar-refractivity contribution in [3.05, 3.63) is 89.5 Å². The molecule has 27 heavy (non-hydrogen) atoms. The maximum Gasteiger partial charge on any atom is 0.0256 e. The van der Waals surface area contributed by atoms with Crippen molar-refractivity contribution in [1.82, 2.24) is 4.90 Å². The Bertz CT molecular complexity index is 1070. The van der Waals surface area contributed by atoms with Gasteiger partial charge in [-0.05, 0) is 65.2 Å². The number of allylic oxidation sites excluding steroid dienone is 2. The molecule has 0 amide bonds. The molecule has 1 aliphatic carbocycles. The van der Waals surface area contributed by atoms with Gasteiger partial charge in [-0.25, -0.2) is 0 Å². The lowest BCUT2D eigenvalue weighted by atomic mass is 9.91. The molecule has 3 aromatic carbocycles. The molecule has 0 unspecified atom stereocenters. The first-order valence-corrected chi connectivity index (χ1v) is 9.33. The topological polar surface area (TPSA) is 27.1 Å². The number of nitrogens with one attached hydrogen (secondary N) is 1. The molecular formula is C25H24N2. The Morgan fingerprint density at radius 3 is 2.59 bits per heavy atom. The quantitative estimate of drug-likeness (QED) is 0.579. The Labute approximate surface area is 161 Å². The lowest BCUT2D eigenvalue weighted by Gasteiger charge is -2.13. The van der Waals surface area contributed by atoms with Gasteiger partial charge in [-0.1, -0.05) is 66.7 Å². The molecule has 0 aliphatic heterocycles. The molecule has 0 spiro atoms. The zero-order valence-electron chi connectivity index (χ0n) is 15.9. The second-order valence-electron chi connectivity index (χ2n) is 7.37. The smallest absolute Gasteiger partial charge is 0.0256 e. The van der Waals surface area contributed by atoms with E-state index in [0.29, 0.717) is 0 Å². The first-order chi connectivity index (χ1) is 13.2. The standard InChI is InChI=1S/C25H24N2/c1-27(2)17-18-10-11-21(14-18)20-7-5-8-22(15-20)25-23(16-26)13-12-19-6-3-4-9-24(19)25/h3-10,12-16,26H,11,17H2,1-2H3. The third kappa shape index (κ3) is 3.49. The summed E-state index contributed by atoms with van der Waals surface area (Å²) in [7, 11) is 4.21. The maximum atomic E-state index is 7.87. The van der Waals surface area contributed by atoms with E-state index in [2.05, 4.69) is 85.7 Å². The van der Waals surface area contributed by atoms with Crippen LogP contribution in [0.2, 0.25) is 0 Å². The molecule has 0 saturated carbocycles. The molecule has 0 fully saturated rings. The lowest BCUT2D eigenvalue weighted by molar-refractivity contribution is 0.449. The van der Waals surface area contributed by atoms with Gasteiger partial charge in [-0.3, -0.25) is 0 Å². The van der Waals surface area contributed by atoms with E-state index in [4.69, 9.17) is 5.41 Å². The first-order valence-electron chi connectivity index (χ1n) is 9.33. The average molecular weight is 352 g/mol. The van der Waals surface area contributed by atoms with Crippen LogP contribution in [0.5, 0.6) is 0 Å². The number of likely N-dealkylation sites (N-methyl/N-ethyl adjacent to an activating group) is 1. The second-order valence-corrected chi connectivity index (χ2v) is 7.37. The van der Waals surface area contributed by atoms with Gasteiger partial charge in [0.15, 0.2) is 0 Å². The summed E-state index contributed by atoms with van der Waals surface area (Å²) < 4.78 is 0. The summed E-state index contributed by atoms with van der Waals surface area (Å²) in [6.45, 7) is 0.977. The van der Waals surface area contributed by atoms with Crippen LogP contribution < -0.4 is 0 Å². The molecule has 0 aromatic heterocycles. The molecular weight excluding hydrogens is 328 g/mol. The van der Waals surface area contributed by atoms with Gasteiger partial charge in [-0.15, -0.1) is 0 Å². The predicted molar refractivity (Wildman–Crippen MR) is 117 cm³/mol. The van der Waals surface area contributed by atoms with Crippen LogP contribution in [-0.2, 0) is 0 Å². The van der Waals surface area contributed by atoms with Gasteiger partial charge in [-0.2, -0.15) is 0 Å². The van der Waals surface area contributed by atoms with E-state index in [9.17, 15) is 0 Å². The van der Waals surface area contributed by atoms with E-state index in [1.807, 2.05) is 6.07 Å². The Hall–Kier alpha value is -2.97. The van der Waals surface area contributed by atoms with Crippen LogP contribution in [-0.4, -0.2) is 31.8 Å². The highest BCUT2D eigenvalue weighted by atomic mass is 15.0. The van der Waals surface area contributed by atoms with Gasteiger partial charge in [0.1, 0.15) is 0 Å². The van der Waals surface area contributed by atoms with Crippen LogP contribution in [0.15, 0.2) is 78.4 Å². The fourth-order valence-electron chi connectivity index (χ4n) is 3.86. The number of fused-ring (bicyclic) bond motifs is 1. The second kappa shape index (κ2) is 7.34. The van der Waals surface area contributed by atoms with Crippen LogP contribution >= 0.6 is 0 Å². The van der Waals surface area contributed by atoms with Crippen molar-refractivity contribution in [1.29, 1.82) is 5.41 Å². The molecule has 0 radical (unpaired) electrons. The largest absolute Gasteiger partial charge is 0.308 e. The van der Waals surface area contributed by atoms with E-state index < -0.39 is 0 Å². The molecule has 2 heteroatoms. The molecule has 0 atom stereocenters. The third-order valence-electron chi connectivity index (χ3n) is 5.08. The number of nitrogens with zero attached hydrogens (tertiary/aromatic N) is 1. The summed E-state index contributed by atoms with van der Waals surface area (Å²) in [5.74, 6) is 0. The number of benzene rings is 3. The predicted octanol–water partition coefficient (Wildman–Crippen LogP) is 5.78. The minimum absolute atomic E-state index is 0.956. The third-order valence-corrected chi connectivity index (χ3v) is 5.08. The first kappa shape index (κ1) is 17.4. The SMILES string of the molecule is CN(C)CC1=CCC(c2cccc(-c3c(C=N)ccc4ccccc34)c2)=C1. The van der Waals surface area contributed by atoms with Crippen molar-refractivity contribution in [2.45, 2.75) is 6.42 Å². The van der Waals surface area contributed by atoms with Crippen molar-refractivity contribution in [2.75, 3.05) is 20.6 Å². The maximum absolute atomic E-state index is 7.87. The van der Waals surface area contributed by atoms with E-state index in [0.717, 1.165) is 24.1 Å². The molecule has 0 bridgehead atoms. The number of hydrogen-bond donors (Lipinski definition) is 1. The van der Waals surface area contributed by atoms with Crippen molar-refractivity contribution < 1.29 is 0 Å². The van der Waals surface area contributed by atoms with E-state index in [1.165, 1.54) is 39.3 Å². The van der Waals surface area contributed by atoms with Gasteiger partial charge in [0.25, 0.3) is 0 Å². The Kier molecular flexibility index (Phi) is 4.74. The Balaban J connectivity index is 1.79. The van der Waals surface area contributed by atoms with Gasteiger partial charge >= 0.3 is 0 Å². The van der Waals surface area contributed by atoms with Crippen LogP contribution in [0, 0.1) is 5.41 Å². The van der Waals surface area contributed by atoms with Crippen molar-refractivity contribution in [3.63, 3.8) is 0 Å². The van der Waals surface area contributed by atoms with E-state index in [1.54, 1.807) is 0 Å². The van der Waals surface area contributed by atoms with Gasteiger partial charge in [0.2, 0.25) is 0 Å². The van der Waals surface area contributed by atoms with Crippen molar-refractivity contribution in [3.8, 4) is 11.1 Å². The highest BCUT2D eigenvalue weighted by Crippen LogP contribution is 2.35. The fourth-order valence-corrected chi connectivity index (χ4v) is 3.86. The van der Waals surface area contributed by atoms with Crippen molar-refractivity contribution in [2.24, 2.45) is 0 Å². The van der Waals surface area contributed by atoms with Crippen molar-refractivity contribution >= 4 is 22.6 Å². The molecule has 3 aromatic rings. The molecule has 134 valence electrons. The highest BCUT2D eigenvalue weighted by Gasteiger charge is 2.13. The summed E-state index contributed by atoms with van der Waals surface area (Å²) >= 11 is 0. The zero-order chi connectivity index (χ0) is 18.8. The average Bonchev–Trinajstić information content (AvgIpc) is 3.15. The van der Waals surface area contributed by atoms with Gasteiger partial charge in [0, 0.05) is 18.3 Å². The Morgan fingerprint density at radius 1 is 0.963 bits per heavy atom. The van der Waals surface area contributed by atoms with E-state index in [-0.39, 0.29) is 0 Å². The summed E-state index contributed by atoms with van der Waals surface area (Å²) in [6.07, 6.45) is 7.09. The van der Waals surface area contributed by atoms with Gasteiger partial charge < -0.3 is 10.3 Å².